The normalized spacial score (nSPS) is 21.8. The Morgan fingerprint density at radius 1 is 1.25 bits per heavy atom. The summed E-state index contributed by atoms with van der Waals surface area (Å²) in [5, 5.41) is 5.93. The molecule has 0 radical (unpaired) electrons. The predicted octanol–water partition coefficient (Wildman–Crippen LogP) is 4.20. The van der Waals surface area contributed by atoms with E-state index in [1.807, 2.05) is 24.5 Å². The van der Waals surface area contributed by atoms with Crippen LogP contribution in [0.15, 0.2) is 30.6 Å². The van der Waals surface area contributed by atoms with Gasteiger partial charge in [-0.1, -0.05) is 20.3 Å². The molecule has 3 rings (SSSR count). The van der Waals surface area contributed by atoms with Crippen molar-refractivity contribution in [3.63, 3.8) is 0 Å². The number of aromatic nitrogens is 1. The van der Waals surface area contributed by atoms with Crippen LogP contribution in [-0.4, -0.2) is 11.0 Å². The Morgan fingerprint density at radius 2 is 2.10 bits per heavy atom. The zero-order valence-corrected chi connectivity index (χ0v) is 12.3. The maximum Gasteiger partial charge on any atom is 0.0424 e. The molecule has 0 bridgehead atoms. The molecule has 20 heavy (non-hydrogen) atoms. The molecule has 1 aromatic heterocycles. The average Bonchev–Trinajstić information content (AvgIpc) is 2.41. The van der Waals surface area contributed by atoms with Crippen molar-refractivity contribution in [3.05, 3.63) is 30.6 Å². The van der Waals surface area contributed by atoms with Crippen LogP contribution in [0.1, 0.15) is 39.5 Å². The SMILES string of the molecule is CC1(C)CCCC(Nc2ccc(N)c3cnccc23)C1. The van der Waals surface area contributed by atoms with Gasteiger partial charge in [0.1, 0.15) is 0 Å². The monoisotopic (exact) mass is 269 g/mol. The van der Waals surface area contributed by atoms with E-state index in [1.165, 1.54) is 36.8 Å². The molecule has 1 heterocycles. The molecule has 0 saturated heterocycles. The standard InChI is InChI=1S/C17H23N3/c1-17(2)8-3-4-12(10-17)20-16-6-5-15(18)14-11-19-9-7-13(14)16/h5-7,9,11-12,20H,3-4,8,10,18H2,1-2H3. The summed E-state index contributed by atoms with van der Waals surface area (Å²) in [6, 6.07) is 6.67. The number of fused-ring (bicyclic) bond motifs is 1. The molecule has 1 aromatic carbocycles. The van der Waals surface area contributed by atoms with Crippen molar-refractivity contribution in [2.45, 2.75) is 45.6 Å². The number of hydrogen-bond acceptors (Lipinski definition) is 3. The van der Waals surface area contributed by atoms with E-state index in [0.717, 1.165) is 11.1 Å². The highest BCUT2D eigenvalue weighted by Gasteiger charge is 2.28. The summed E-state index contributed by atoms with van der Waals surface area (Å²) in [5.41, 5.74) is 8.45. The van der Waals surface area contributed by atoms with Gasteiger partial charge in [-0.3, -0.25) is 4.98 Å². The number of nitrogens with zero attached hydrogens (tertiary/aromatic N) is 1. The summed E-state index contributed by atoms with van der Waals surface area (Å²) in [6.45, 7) is 4.73. The number of rotatable bonds is 2. The van der Waals surface area contributed by atoms with Gasteiger partial charge in [0.2, 0.25) is 0 Å². The maximum absolute atomic E-state index is 6.03. The predicted molar refractivity (Wildman–Crippen MR) is 85.8 cm³/mol. The molecule has 1 aliphatic carbocycles. The first-order chi connectivity index (χ1) is 9.55. The van der Waals surface area contributed by atoms with Crippen molar-refractivity contribution in [2.24, 2.45) is 5.41 Å². The quantitative estimate of drug-likeness (QED) is 0.803. The Hall–Kier alpha value is -1.77. The lowest BCUT2D eigenvalue weighted by atomic mass is 9.75. The Balaban J connectivity index is 1.90. The van der Waals surface area contributed by atoms with Crippen LogP contribution in [0.2, 0.25) is 0 Å². The molecule has 0 spiro atoms. The van der Waals surface area contributed by atoms with Crippen molar-refractivity contribution in [1.82, 2.24) is 4.98 Å². The van der Waals surface area contributed by atoms with Gasteiger partial charge in [-0.15, -0.1) is 0 Å². The average molecular weight is 269 g/mol. The highest BCUT2D eigenvalue weighted by molar-refractivity contribution is 6.00. The van der Waals surface area contributed by atoms with Crippen LogP contribution in [0.3, 0.4) is 0 Å². The van der Waals surface area contributed by atoms with E-state index >= 15 is 0 Å². The van der Waals surface area contributed by atoms with Gasteiger partial charge in [0.15, 0.2) is 0 Å². The highest BCUT2D eigenvalue weighted by Crippen LogP contribution is 2.37. The summed E-state index contributed by atoms with van der Waals surface area (Å²) >= 11 is 0. The molecule has 3 N–H and O–H groups in total. The fourth-order valence-corrected chi connectivity index (χ4v) is 3.38. The van der Waals surface area contributed by atoms with Crippen molar-refractivity contribution in [1.29, 1.82) is 0 Å². The molecule has 1 aliphatic rings. The molecule has 2 aromatic rings. The van der Waals surface area contributed by atoms with Crippen LogP contribution in [0.4, 0.5) is 11.4 Å². The Bertz CT molecular complexity index is 619. The van der Waals surface area contributed by atoms with E-state index < -0.39 is 0 Å². The minimum absolute atomic E-state index is 0.446. The third-order valence-corrected chi connectivity index (χ3v) is 4.42. The minimum Gasteiger partial charge on any atom is -0.398 e. The summed E-state index contributed by atoms with van der Waals surface area (Å²) in [4.78, 5) is 4.18. The van der Waals surface area contributed by atoms with Gasteiger partial charge in [0.25, 0.3) is 0 Å². The van der Waals surface area contributed by atoms with Gasteiger partial charge >= 0.3 is 0 Å². The molecule has 3 nitrogen and oxygen atoms in total. The van der Waals surface area contributed by atoms with Crippen LogP contribution in [0, 0.1) is 5.41 Å². The molecule has 1 atom stereocenters. The van der Waals surface area contributed by atoms with Crippen molar-refractivity contribution in [3.8, 4) is 0 Å². The van der Waals surface area contributed by atoms with E-state index in [-0.39, 0.29) is 0 Å². The molecule has 1 unspecified atom stereocenters. The number of benzene rings is 1. The first-order valence-corrected chi connectivity index (χ1v) is 7.44. The zero-order chi connectivity index (χ0) is 14.2. The minimum atomic E-state index is 0.446. The lowest BCUT2D eigenvalue weighted by Crippen LogP contribution is -2.31. The lowest BCUT2D eigenvalue weighted by molar-refractivity contribution is 0.229. The molecule has 0 aliphatic heterocycles. The molecule has 1 saturated carbocycles. The van der Waals surface area contributed by atoms with E-state index in [9.17, 15) is 0 Å². The van der Waals surface area contributed by atoms with Crippen molar-refractivity contribution in [2.75, 3.05) is 11.1 Å². The third kappa shape index (κ3) is 2.58. The fourth-order valence-electron chi connectivity index (χ4n) is 3.38. The lowest BCUT2D eigenvalue weighted by Gasteiger charge is -2.36. The van der Waals surface area contributed by atoms with Gasteiger partial charge in [0, 0.05) is 40.6 Å². The van der Waals surface area contributed by atoms with Crippen molar-refractivity contribution < 1.29 is 0 Å². The Kier molecular flexibility index (Phi) is 3.28. The van der Waals surface area contributed by atoms with E-state index in [2.05, 4.69) is 30.2 Å². The topological polar surface area (TPSA) is 50.9 Å². The third-order valence-electron chi connectivity index (χ3n) is 4.42. The molecular formula is C17H23N3. The van der Waals surface area contributed by atoms with E-state index in [1.54, 1.807) is 0 Å². The number of nitrogens with one attached hydrogen (secondary N) is 1. The van der Waals surface area contributed by atoms with Crippen LogP contribution in [-0.2, 0) is 0 Å². The molecule has 106 valence electrons. The molecule has 3 heteroatoms. The smallest absolute Gasteiger partial charge is 0.0424 e. The largest absolute Gasteiger partial charge is 0.398 e. The second-order valence-electron chi connectivity index (χ2n) is 6.73. The summed E-state index contributed by atoms with van der Waals surface area (Å²) < 4.78 is 0. The van der Waals surface area contributed by atoms with Gasteiger partial charge in [-0.05, 0) is 42.9 Å². The number of anilines is 2. The molecular weight excluding hydrogens is 246 g/mol. The highest BCUT2D eigenvalue weighted by atomic mass is 14.9. The first kappa shape index (κ1) is 13.2. The summed E-state index contributed by atoms with van der Waals surface area (Å²) in [7, 11) is 0. The van der Waals surface area contributed by atoms with Crippen LogP contribution >= 0.6 is 0 Å². The Labute approximate surface area is 120 Å². The second kappa shape index (κ2) is 4.97. The number of hydrogen-bond donors (Lipinski definition) is 2. The summed E-state index contributed by atoms with van der Waals surface area (Å²) in [5.74, 6) is 0. The summed E-state index contributed by atoms with van der Waals surface area (Å²) in [6.07, 6.45) is 8.79. The van der Waals surface area contributed by atoms with Crippen LogP contribution < -0.4 is 11.1 Å². The second-order valence-corrected chi connectivity index (χ2v) is 6.73. The Morgan fingerprint density at radius 3 is 2.90 bits per heavy atom. The molecule has 1 fully saturated rings. The first-order valence-electron chi connectivity index (χ1n) is 7.44. The fraction of sp³-hybridized carbons (Fsp3) is 0.471. The van der Waals surface area contributed by atoms with Gasteiger partial charge in [0.05, 0.1) is 0 Å². The van der Waals surface area contributed by atoms with Gasteiger partial charge < -0.3 is 11.1 Å². The number of pyridine rings is 1. The number of nitrogens with two attached hydrogens (primary N) is 1. The zero-order valence-electron chi connectivity index (χ0n) is 12.3. The van der Waals surface area contributed by atoms with E-state index in [4.69, 9.17) is 5.73 Å². The van der Waals surface area contributed by atoms with Gasteiger partial charge in [-0.2, -0.15) is 0 Å². The van der Waals surface area contributed by atoms with Crippen LogP contribution in [0.5, 0.6) is 0 Å². The van der Waals surface area contributed by atoms with Gasteiger partial charge in [-0.25, -0.2) is 0 Å². The van der Waals surface area contributed by atoms with E-state index in [0.29, 0.717) is 11.5 Å². The number of nitrogen functional groups attached to an aromatic ring is 1. The van der Waals surface area contributed by atoms with Crippen LogP contribution in [0.25, 0.3) is 10.8 Å². The van der Waals surface area contributed by atoms with Crippen molar-refractivity contribution >= 4 is 22.1 Å². The molecule has 0 amide bonds. The maximum atomic E-state index is 6.03.